The first-order valence-corrected chi connectivity index (χ1v) is 5.72. The molecule has 0 unspecified atom stereocenters. The van der Waals surface area contributed by atoms with Crippen LogP contribution in [0.25, 0.3) is 0 Å². The fraction of sp³-hybridized carbons (Fsp3) is 0.231. The maximum Gasteiger partial charge on any atom is 0.362 e. The van der Waals surface area contributed by atoms with Crippen LogP contribution in [0.4, 0.5) is 5.82 Å². The minimum absolute atomic E-state index is 0.313. The lowest BCUT2D eigenvalue weighted by Crippen LogP contribution is -2.15. The monoisotopic (exact) mass is 245 g/mol. The Morgan fingerprint density at radius 3 is 2.89 bits per heavy atom. The van der Waals surface area contributed by atoms with Crippen molar-refractivity contribution in [3.05, 3.63) is 41.6 Å². The van der Waals surface area contributed by atoms with Gasteiger partial charge in [0, 0.05) is 12.6 Å². The molecule has 5 heteroatoms. The van der Waals surface area contributed by atoms with Gasteiger partial charge in [-0.05, 0) is 31.5 Å². The molecule has 0 saturated carbocycles. The van der Waals surface area contributed by atoms with Crippen LogP contribution in [0.2, 0.25) is 0 Å². The molecule has 2 rings (SSSR count). The molecule has 2 aromatic rings. The molecule has 5 nitrogen and oxygen atoms in total. The topological polar surface area (TPSA) is 70.1 Å². The van der Waals surface area contributed by atoms with E-state index in [0.29, 0.717) is 23.8 Å². The van der Waals surface area contributed by atoms with Crippen molar-refractivity contribution < 1.29 is 9.53 Å². The van der Waals surface area contributed by atoms with Gasteiger partial charge >= 0.3 is 5.97 Å². The minimum Gasteiger partial charge on any atom is -0.422 e. The predicted octanol–water partition coefficient (Wildman–Crippen LogP) is 2.01. The van der Waals surface area contributed by atoms with Crippen molar-refractivity contribution in [1.29, 1.82) is 0 Å². The van der Waals surface area contributed by atoms with E-state index < -0.39 is 5.97 Å². The third-order valence-corrected chi connectivity index (χ3v) is 2.51. The van der Waals surface area contributed by atoms with Gasteiger partial charge in [0.15, 0.2) is 0 Å². The highest BCUT2D eigenvalue weighted by Crippen LogP contribution is 2.15. The van der Waals surface area contributed by atoms with Crippen LogP contribution in [-0.2, 0) is 6.54 Å². The molecule has 0 spiro atoms. The number of ether oxygens (including phenoxy) is 1. The number of nitrogens with two attached hydrogens (primary N) is 1. The maximum atomic E-state index is 12.0. The second-order valence-corrected chi connectivity index (χ2v) is 3.98. The zero-order chi connectivity index (χ0) is 13.1. The molecule has 18 heavy (non-hydrogen) atoms. The van der Waals surface area contributed by atoms with Crippen molar-refractivity contribution in [2.45, 2.75) is 20.4 Å². The molecule has 0 bridgehead atoms. The normalized spacial score (nSPS) is 10.3. The molecule has 0 aliphatic carbocycles. The summed E-state index contributed by atoms with van der Waals surface area (Å²) >= 11 is 0. The van der Waals surface area contributed by atoms with Gasteiger partial charge < -0.3 is 10.5 Å². The number of hydrogen-bond donors (Lipinski definition) is 1. The first kappa shape index (κ1) is 12.2. The zero-order valence-electron chi connectivity index (χ0n) is 10.4. The standard InChI is InChI=1S/C13H15N3O2/c1-3-16-11(8-12(14)15-16)13(17)18-10-6-4-5-9(2)7-10/h4-8H,3H2,1-2H3,(H2,14,15). The van der Waals surface area contributed by atoms with E-state index in [-0.39, 0.29) is 0 Å². The molecule has 1 aromatic carbocycles. The molecule has 0 amide bonds. The fourth-order valence-corrected chi connectivity index (χ4v) is 1.68. The van der Waals surface area contributed by atoms with E-state index in [4.69, 9.17) is 10.5 Å². The van der Waals surface area contributed by atoms with E-state index >= 15 is 0 Å². The second kappa shape index (κ2) is 4.91. The molecule has 0 fully saturated rings. The van der Waals surface area contributed by atoms with E-state index in [0.717, 1.165) is 5.56 Å². The second-order valence-electron chi connectivity index (χ2n) is 3.98. The lowest BCUT2D eigenvalue weighted by Gasteiger charge is -2.06. The zero-order valence-corrected chi connectivity index (χ0v) is 10.4. The number of aryl methyl sites for hydroxylation is 2. The lowest BCUT2D eigenvalue weighted by molar-refractivity contribution is 0.0722. The average molecular weight is 245 g/mol. The quantitative estimate of drug-likeness (QED) is 0.663. The first-order chi connectivity index (χ1) is 8.60. The SMILES string of the molecule is CCn1nc(N)cc1C(=O)Oc1cccc(C)c1. The largest absolute Gasteiger partial charge is 0.422 e. The van der Waals surface area contributed by atoms with Gasteiger partial charge in [0.1, 0.15) is 17.3 Å². The average Bonchev–Trinajstić information content (AvgIpc) is 2.70. The van der Waals surface area contributed by atoms with Crippen LogP contribution < -0.4 is 10.5 Å². The number of benzene rings is 1. The van der Waals surface area contributed by atoms with Gasteiger partial charge in [0.05, 0.1) is 0 Å². The van der Waals surface area contributed by atoms with Gasteiger partial charge in [0.2, 0.25) is 0 Å². The Labute approximate surface area is 105 Å². The van der Waals surface area contributed by atoms with Gasteiger partial charge in [-0.2, -0.15) is 5.10 Å². The molecular weight excluding hydrogens is 230 g/mol. The number of carbonyl (C=O) groups is 1. The smallest absolute Gasteiger partial charge is 0.362 e. The van der Waals surface area contributed by atoms with Crippen molar-refractivity contribution in [2.24, 2.45) is 0 Å². The Morgan fingerprint density at radius 2 is 2.22 bits per heavy atom. The summed E-state index contributed by atoms with van der Waals surface area (Å²) in [6.45, 7) is 4.39. The summed E-state index contributed by atoms with van der Waals surface area (Å²) in [5.74, 6) is 0.377. The van der Waals surface area contributed by atoms with Crippen molar-refractivity contribution in [3.8, 4) is 5.75 Å². The van der Waals surface area contributed by atoms with E-state index in [1.807, 2.05) is 26.0 Å². The number of rotatable bonds is 3. The first-order valence-electron chi connectivity index (χ1n) is 5.72. The summed E-state index contributed by atoms with van der Waals surface area (Å²) in [6.07, 6.45) is 0. The van der Waals surface area contributed by atoms with Gasteiger partial charge in [-0.1, -0.05) is 12.1 Å². The molecule has 0 aliphatic rings. The Balaban J connectivity index is 2.21. The van der Waals surface area contributed by atoms with Crippen molar-refractivity contribution in [3.63, 3.8) is 0 Å². The molecule has 0 radical (unpaired) electrons. The van der Waals surface area contributed by atoms with Crippen molar-refractivity contribution >= 4 is 11.8 Å². The number of anilines is 1. The number of esters is 1. The summed E-state index contributed by atoms with van der Waals surface area (Å²) in [6, 6.07) is 8.82. The molecule has 1 aromatic heterocycles. The summed E-state index contributed by atoms with van der Waals surface area (Å²) in [5, 5.41) is 4.00. The number of carbonyl (C=O) groups excluding carboxylic acids is 1. The van der Waals surface area contributed by atoms with Crippen LogP contribution in [0.5, 0.6) is 5.75 Å². The Hall–Kier alpha value is -2.30. The van der Waals surface area contributed by atoms with Gasteiger partial charge in [-0.25, -0.2) is 4.79 Å². The van der Waals surface area contributed by atoms with E-state index in [1.54, 1.807) is 12.1 Å². The van der Waals surface area contributed by atoms with Crippen molar-refractivity contribution in [1.82, 2.24) is 9.78 Å². The molecular formula is C13H15N3O2. The number of nitrogens with zero attached hydrogens (tertiary/aromatic N) is 2. The number of nitrogen functional groups attached to an aromatic ring is 1. The molecule has 0 atom stereocenters. The third kappa shape index (κ3) is 2.51. The Bertz CT molecular complexity index is 575. The van der Waals surface area contributed by atoms with Gasteiger partial charge in [-0.3, -0.25) is 4.68 Å². The van der Waals surface area contributed by atoms with Crippen LogP contribution in [0.1, 0.15) is 23.0 Å². The van der Waals surface area contributed by atoms with Crippen LogP contribution in [0.15, 0.2) is 30.3 Å². The molecule has 1 heterocycles. The van der Waals surface area contributed by atoms with Crippen LogP contribution in [-0.4, -0.2) is 15.7 Å². The molecule has 2 N–H and O–H groups in total. The highest BCUT2D eigenvalue weighted by Gasteiger charge is 2.15. The van der Waals surface area contributed by atoms with Crippen molar-refractivity contribution in [2.75, 3.05) is 5.73 Å². The lowest BCUT2D eigenvalue weighted by atomic mass is 10.2. The number of hydrogen-bond acceptors (Lipinski definition) is 4. The van der Waals surface area contributed by atoms with Gasteiger partial charge in [-0.15, -0.1) is 0 Å². The molecule has 0 saturated heterocycles. The number of aromatic nitrogens is 2. The molecule has 94 valence electrons. The van der Waals surface area contributed by atoms with Gasteiger partial charge in [0.25, 0.3) is 0 Å². The summed E-state index contributed by atoms with van der Waals surface area (Å²) in [7, 11) is 0. The van der Waals surface area contributed by atoms with E-state index in [2.05, 4.69) is 5.10 Å². The van der Waals surface area contributed by atoms with Crippen LogP contribution in [0, 0.1) is 6.92 Å². The van der Waals surface area contributed by atoms with Crippen LogP contribution >= 0.6 is 0 Å². The Morgan fingerprint density at radius 1 is 1.44 bits per heavy atom. The predicted molar refractivity (Wildman–Crippen MR) is 68.5 cm³/mol. The van der Waals surface area contributed by atoms with E-state index in [9.17, 15) is 4.79 Å². The highest BCUT2D eigenvalue weighted by molar-refractivity contribution is 5.90. The molecule has 0 aliphatic heterocycles. The summed E-state index contributed by atoms with van der Waals surface area (Å²) in [4.78, 5) is 12.0. The summed E-state index contributed by atoms with van der Waals surface area (Å²) < 4.78 is 6.80. The summed E-state index contributed by atoms with van der Waals surface area (Å²) in [5.41, 5.74) is 6.96. The maximum absolute atomic E-state index is 12.0. The highest BCUT2D eigenvalue weighted by atomic mass is 16.5. The minimum atomic E-state index is -0.452. The third-order valence-electron chi connectivity index (χ3n) is 2.51. The Kier molecular flexibility index (Phi) is 3.32. The fourth-order valence-electron chi connectivity index (χ4n) is 1.68. The van der Waals surface area contributed by atoms with Crippen LogP contribution in [0.3, 0.4) is 0 Å². The van der Waals surface area contributed by atoms with E-state index in [1.165, 1.54) is 10.7 Å².